The second-order valence-electron chi connectivity index (χ2n) is 5.81. The molecule has 2 aliphatic rings. The third kappa shape index (κ3) is 3.39. The first kappa shape index (κ1) is 15.2. The number of nitrogens with one attached hydrogen (secondary N) is 1. The maximum Gasteiger partial charge on any atom is 0.303 e. The van der Waals surface area contributed by atoms with Crippen LogP contribution >= 0.6 is 11.3 Å². The zero-order valence-corrected chi connectivity index (χ0v) is 13.7. The predicted molar refractivity (Wildman–Crippen MR) is 84.6 cm³/mol. The van der Waals surface area contributed by atoms with Gasteiger partial charge in [0.2, 0.25) is 0 Å². The minimum atomic E-state index is -3.50. The lowest BCUT2D eigenvalue weighted by molar-refractivity contribution is 0.273. The van der Waals surface area contributed by atoms with Gasteiger partial charge in [0.15, 0.2) is 5.13 Å². The van der Waals surface area contributed by atoms with E-state index in [1.165, 1.54) is 26.9 Å². The minimum absolute atomic E-state index is 0.264. The van der Waals surface area contributed by atoms with Crippen molar-refractivity contribution in [1.82, 2.24) is 9.29 Å². The Bertz CT molecular complexity index is 576. The Morgan fingerprint density at radius 3 is 2.90 bits per heavy atom. The number of nitrogens with zero attached hydrogens (tertiary/aromatic N) is 2. The molecule has 1 aliphatic heterocycles. The van der Waals surface area contributed by atoms with Gasteiger partial charge in [-0.05, 0) is 51.0 Å². The summed E-state index contributed by atoms with van der Waals surface area (Å²) < 4.78 is 29.1. The molecule has 21 heavy (non-hydrogen) atoms. The number of aryl methyl sites for hydroxylation is 2. The van der Waals surface area contributed by atoms with Gasteiger partial charge in [-0.25, -0.2) is 9.71 Å². The minimum Gasteiger partial charge on any atom is -0.330 e. The maximum absolute atomic E-state index is 12.5. The number of aromatic nitrogens is 1. The van der Waals surface area contributed by atoms with Crippen LogP contribution in [0, 0.1) is 5.92 Å². The maximum atomic E-state index is 12.5. The van der Waals surface area contributed by atoms with Crippen LogP contribution in [0.15, 0.2) is 0 Å². The fraction of sp³-hybridized carbons (Fsp3) is 0.769. The molecule has 1 fully saturated rings. The number of nitrogens with two attached hydrogens (primary N) is 1. The molecule has 3 N–H and O–H groups in total. The van der Waals surface area contributed by atoms with Gasteiger partial charge in [0, 0.05) is 18.0 Å². The second-order valence-corrected chi connectivity index (χ2v) is 8.56. The SMILES string of the molecule is NCC1CCCN(S(=O)(=O)Nc2nc3c(s2)CCCC3)C1. The Morgan fingerprint density at radius 2 is 2.14 bits per heavy atom. The van der Waals surface area contributed by atoms with E-state index in [2.05, 4.69) is 9.71 Å². The number of thiazole rings is 1. The number of anilines is 1. The molecule has 1 saturated heterocycles. The van der Waals surface area contributed by atoms with Crippen LogP contribution < -0.4 is 10.5 Å². The van der Waals surface area contributed by atoms with Crippen LogP contribution in [0.3, 0.4) is 0 Å². The van der Waals surface area contributed by atoms with E-state index in [9.17, 15) is 8.42 Å². The summed E-state index contributed by atoms with van der Waals surface area (Å²) in [6.45, 7) is 1.62. The van der Waals surface area contributed by atoms with Gasteiger partial charge in [-0.1, -0.05) is 0 Å². The lowest BCUT2D eigenvalue weighted by Gasteiger charge is -2.30. The molecule has 0 saturated carbocycles. The van der Waals surface area contributed by atoms with Gasteiger partial charge >= 0.3 is 10.2 Å². The van der Waals surface area contributed by atoms with E-state index in [0.717, 1.165) is 37.8 Å². The quantitative estimate of drug-likeness (QED) is 0.872. The van der Waals surface area contributed by atoms with Crippen molar-refractivity contribution in [3.8, 4) is 0 Å². The molecule has 0 aromatic carbocycles. The molecule has 0 spiro atoms. The second kappa shape index (κ2) is 6.20. The molecular formula is C13H22N4O2S2. The Balaban J connectivity index is 1.72. The van der Waals surface area contributed by atoms with E-state index in [1.807, 2.05) is 0 Å². The summed E-state index contributed by atoms with van der Waals surface area (Å²) in [4.78, 5) is 5.68. The highest BCUT2D eigenvalue weighted by molar-refractivity contribution is 7.90. The van der Waals surface area contributed by atoms with E-state index < -0.39 is 10.2 Å². The standard InChI is InChI=1S/C13H22N4O2S2/c14-8-10-4-3-7-17(9-10)21(18,19)16-13-15-11-5-1-2-6-12(11)20-13/h10H,1-9,14H2,(H,15,16). The van der Waals surface area contributed by atoms with Gasteiger partial charge in [0.05, 0.1) is 5.69 Å². The van der Waals surface area contributed by atoms with E-state index in [-0.39, 0.29) is 5.92 Å². The summed E-state index contributed by atoms with van der Waals surface area (Å²) in [6.07, 6.45) is 6.18. The summed E-state index contributed by atoms with van der Waals surface area (Å²) in [5, 5.41) is 0.511. The zero-order chi connectivity index (χ0) is 14.9. The molecule has 8 heteroatoms. The normalized spacial score (nSPS) is 23.8. The topological polar surface area (TPSA) is 88.3 Å². The third-order valence-electron chi connectivity index (χ3n) is 4.22. The molecule has 1 aromatic rings. The first-order valence-electron chi connectivity index (χ1n) is 7.55. The fourth-order valence-corrected chi connectivity index (χ4v) is 5.56. The highest BCUT2D eigenvalue weighted by Gasteiger charge is 2.29. The van der Waals surface area contributed by atoms with Crippen LogP contribution in [0.25, 0.3) is 0 Å². The largest absolute Gasteiger partial charge is 0.330 e. The molecule has 6 nitrogen and oxygen atoms in total. The van der Waals surface area contributed by atoms with E-state index in [1.54, 1.807) is 0 Å². The molecule has 0 amide bonds. The first-order valence-corrected chi connectivity index (χ1v) is 9.80. The number of hydrogen-bond donors (Lipinski definition) is 2. The zero-order valence-electron chi connectivity index (χ0n) is 12.0. The highest BCUT2D eigenvalue weighted by atomic mass is 32.2. The van der Waals surface area contributed by atoms with Gasteiger partial charge < -0.3 is 5.73 Å². The number of piperidine rings is 1. The van der Waals surface area contributed by atoms with Crippen LogP contribution in [-0.4, -0.2) is 37.3 Å². The third-order valence-corrected chi connectivity index (χ3v) is 6.88. The molecule has 118 valence electrons. The van der Waals surface area contributed by atoms with Gasteiger partial charge in [-0.15, -0.1) is 11.3 Å². The van der Waals surface area contributed by atoms with Gasteiger partial charge in [0.25, 0.3) is 0 Å². The van der Waals surface area contributed by atoms with Crippen molar-refractivity contribution >= 4 is 26.7 Å². The smallest absolute Gasteiger partial charge is 0.303 e. The molecule has 1 aromatic heterocycles. The number of rotatable bonds is 4. The average Bonchev–Trinajstić information content (AvgIpc) is 2.88. The molecule has 1 aliphatic carbocycles. The Hall–Kier alpha value is -0.700. The Kier molecular flexibility index (Phi) is 4.49. The summed E-state index contributed by atoms with van der Waals surface area (Å²) in [7, 11) is -3.50. The summed E-state index contributed by atoms with van der Waals surface area (Å²) in [5.41, 5.74) is 6.75. The van der Waals surface area contributed by atoms with Crippen LogP contribution in [0.4, 0.5) is 5.13 Å². The van der Waals surface area contributed by atoms with Crippen molar-refractivity contribution in [2.45, 2.75) is 38.5 Å². The number of hydrogen-bond acceptors (Lipinski definition) is 5. The summed E-state index contributed by atoms with van der Waals surface area (Å²) in [5.74, 6) is 0.264. The monoisotopic (exact) mass is 330 g/mol. The van der Waals surface area contributed by atoms with Crippen LogP contribution in [0.1, 0.15) is 36.3 Å². The van der Waals surface area contributed by atoms with Crippen LogP contribution in [0.5, 0.6) is 0 Å². The Labute approximate surface area is 129 Å². The van der Waals surface area contributed by atoms with Crippen molar-refractivity contribution in [2.75, 3.05) is 24.4 Å². The van der Waals surface area contributed by atoms with Gasteiger partial charge in [-0.3, -0.25) is 0 Å². The Morgan fingerprint density at radius 1 is 1.33 bits per heavy atom. The molecule has 0 bridgehead atoms. The summed E-state index contributed by atoms with van der Waals surface area (Å²) in [6, 6.07) is 0. The van der Waals surface area contributed by atoms with Crippen LogP contribution in [-0.2, 0) is 23.1 Å². The molecule has 1 unspecified atom stereocenters. The fourth-order valence-electron chi connectivity index (χ4n) is 3.01. The van der Waals surface area contributed by atoms with Crippen molar-refractivity contribution < 1.29 is 8.42 Å². The van der Waals surface area contributed by atoms with Crippen molar-refractivity contribution in [1.29, 1.82) is 0 Å². The lowest BCUT2D eigenvalue weighted by atomic mass is 10.0. The van der Waals surface area contributed by atoms with Crippen LogP contribution in [0.2, 0.25) is 0 Å². The molecule has 3 rings (SSSR count). The molecule has 2 heterocycles. The molecule has 0 radical (unpaired) electrons. The first-order chi connectivity index (χ1) is 10.1. The average molecular weight is 330 g/mol. The van der Waals surface area contributed by atoms with E-state index in [4.69, 9.17) is 5.73 Å². The van der Waals surface area contributed by atoms with Crippen molar-refractivity contribution in [3.05, 3.63) is 10.6 Å². The van der Waals surface area contributed by atoms with E-state index >= 15 is 0 Å². The van der Waals surface area contributed by atoms with Crippen molar-refractivity contribution in [3.63, 3.8) is 0 Å². The number of fused-ring (bicyclic) bond motifs is 1. The summed E-state index contributed by atoms with van der Waals surface area (Å²) >= 11 is 1.48. The molecular weight excluding hydrogens is 308 g/mol. The highest BCUT2D eigenvalue weighted by Crippen LogP contribution is 2.30. The van der Waals surface area contributed by atoms with Gasteiger partial charge in [-0.2, -0.15) is 12.7 Å². The lowest BCUT2D eigenvalue weighted by Crippen LogP contribution is -2.44. The van der Waals surface area contributed by atoms with E-state index in [0.29, 0.717) is 24.8 Å². The predicted octanol–water partition coefficient (Wildman–Crippen LogP) is 1.35. The van der Waals surface area contributed by atoms with Crippen molar-refractivity contribution in [2.24, 2.45) is 11.7 Å². The van der Waals surface area contributed by atoms with Gasteiger partial charge in [0.1, 0.15) is 0 Å². The molecule has 1 atom stereocenters.